The lowest BCUT2D eigenvalue weighted by Crippen LogP contribution is -2.46. The third-order valence-electron chi connectivity index (χ3n) is 7.30. The van der Waals surface area contributed by atoms with Gasteiger partial charge in [0.2, 0.25) is 0 Å². The van der Waals surface area contributed by atoms with Gasteiger partial charge in [-0.15, -0.1) is 0 Å². The first-order chi connectivity index (χ1) is 19.7. The number of ether oxygens (including phenoxy) is 4. The number of hydrogen-bond acceptors (Lipinski definition) is 10. The van der Waals surface area contributed by atoms with Crippen molar-refractivity contribution in [3.05, 3.63) is 41.0 Å². The Labute approximate surface area is 248 Å². The van der Waals surface area contributed by atoms with Crippen LogP contribution in [0, 0.1) is 5.92 Å². The highest BCUT2D eigenvalue weighted by molar-refractivity contribution is 6.41. The molecular weight excluding hydrogens is 569 g/mol. The normalized spacial score (nSPS) is 22.5. The molecule has 218 valence electrons. The number of carbonyl (C=O) groups excluding carboxylic acids is 1. The molecule has 2 aromatic heterocycles. The molecule has 2 aliphatic rings. The summed E-state index contributed by atoms with van der Waals surface area (Å²) in [6, 6.07) is 3.49. The molecule has 2 saturated heterocycles. The molecule has 0 radical (unpaired) electrons. The molecule has 0 spiro atoms. The summed E-state index contributed by atoms with van der Waals surface area (Å²) in [7, 11) is 3.04. The van der Waals surface area contributed by atoms with Crippen LogP contribution in [0.1, 0.15) is 20.3 Å². The number of allylic oxidation sites excluding steroid dienone is 1. The Morgan fingerprint density at radius 1 is 1.12 bits per heavy atom. The van der Waals surface area contributed by atoms with Gasteiger partial charge >= 0.3 is 0 Å². The van der Waals surface area contributed by atoms with Crippen LogP contribution in [0.25, 0.3) is 22.3 Å². The first kappa shape index (κ1) is 29.3. The predicted octanol–water partition coefficient (Wildman–Crippen LogP) is 5.20. The van der Waals surface area contributed by atoms with Gasteiger partial charge in [-0.25, -0.2) is 15.0 Å². The van der Waals surface area contributed by atoms with E-state index in [9.17, 15) is 4.79 Å². The summed E-state index contributed by atoms with van der Waals surface area (Å²) in [6.07, 6.45) is 3.40. The molecule has 1 N–H and O–H groups in total. The summed E-state index contributed by atoms with van der Waals surface area (Å²) in [6.45, 7) is 9.89. The summed E-state index contributed by atoms with van der Waals surface area (Å²) in [5.41, 5.74) is 1.01. The number of nitrogens with one attached hydrogen (secondary N) is 1. The fraction of sp³-hybridized carbons (Fsp3) is 0.448. The van der Waals surface area contributed by atoms with Gasteiger partial charge in [-0.05, 0) is 26.0 Å². The van der Waals surface area contributed by atoms with Gasteiger partial charge in [0, 0.05) is 36.9 Å². The van der Waals surface area contributed by atoms with E-state index < -0.39 is 0 Å². The first-order valence-electron chi connectivity index (χ1n) is 13.4. The van der Waals surface area contributed by atoms with Gasteiger partial charge in [-0.2, -0.15) is 0 Å². The maximum Gasteiger partial charge on any atom is 0.165 e. The molecule has 1 aromatic carbocycles. The number of pyridine rings is 1. The van der Waals surface area contributed by atoms with Crippen LogP contribution >= 0.6 is 23.2 Å². The van der Waals surface area contributed by atoms with Crippen LogP contribution in [0.3, 0.4) is 0 Å². The Balaban J connectivity index is 1.61. The van der Waals surface area contributed by atoms with Gasteiger partial charge < -0.3 is 29.2 Å². The minimum Gasteiger partial charge on any atom is -0.495 e. The number of benzene rings is 1. The maximum absolute atomic E-state index is 12.0. The third-order valence-corrected chi connectivity index (χ3v) is 8.05. The highest BCUT2D eigenvalue weighted by Gasteiger charge is 2.31. The number of fused-ring (bicyclic) bond motifs is 1. The number of ketones is 1. The number of morpholine rings is 1. The predicted molar refractivity (Wildman–Crippen MR) is 160 cm³/mol. The van der Waals surface area contributed by atoms with Crippen LogP contribution in [0.2, 0.25) is 10.0 Å². The molecule has 2 unspecified atom stereocenters. The molecule has 0 bridgehead atoms. The number of aromatic nitrogens is 3. The molecule has 4 heterocycles. The van der Waals surface area contributed by atoms with Crippen molar-refractivity contribution in [3.8, 4) is 22.9 Å². The van der Waals surface area contributed by atoms with E-state index in [2.05, 4.69) is 21.8 Å². The van der Waals surface area contributed by atoms with E-state index in [0.717, 1.165) is 5.39 Å². The summed E-state index contributed by atoms with van der Waals surface area (Å²) in [5.74, 6) is 2.45. The Kier molecular flexibility index (Phi) is 8.84. The highest BCUT2D eigenvalue weighted by atomic mass is 35.5. The molecule has 10 nitrogen and oxygen atoms in total. The van der Waals surface area contributed by atoms with E-state index in [1.165, 1.54) is 20.3 Å². The van der Waals surface area contributed by atoms with Crippen LogP contribution in [0.15, 0.2) is 31.0 Å². The van der Waals surface area contributed by atoms with Crippen molar-refractivity contribution in [1.82, 2.24) is 15.0 Å². The van der Waals surface area contributed by atoms with Gasteiger partial charge in [0.1, 0.15) is 23.1 Å². The maximum atomic E-state index is 12.0. The van der Waals surface area contributed by atoms with Crippen molar-refractivity contribution in [2.45, 2.75) is 38.5 Å². The molecule has 0 amide bonds. The zero-order valence-electron chi connectivity index (χ0n) is 23.4. The van der Waals surface area contributed by atoms with Gasteiger partial charge in [-0.1, -0.05) is 29.8 Å². The Hall–Kier alpha value is -3.18. The van der Waals surface area contributed by atoms with Crippen molar-refractivity contribution in [2.75, 3.05) is 50.7 Å². The quantitative estimate of drug-likeness (QED) is 0.329. The highest BCUT2D eigenvalue weighted by Crippen LogP contribution is 2.46. The average Bonchev–Trinajstić information content (AvgIpc) is 3.38. The fourth-order valence-electron chi connectivity index (χ4n) is 5.37. The zero-order valence-corrected chi connectivity index (χ0v) is 25.0. The van der Waals surface area contributed by atoms with E-state index in [1.807, 2.05) is 19.9 Å². The number of halogens is 2. The smallest absolute Gasteiger partial charge is 0.165 e. The molecular formula is C29H33Cl2N5O5. The molecule has 4 atom stereocenters. The fourth-order valence-corrected chi connectivity index (χ4v) is 6.04. The number of carbonyl (C=O) groups is 1. The summed E-state index contributed by atoms with van der Waals surface area (Å²) >= 11 is 13.5. The average molecular weight is 603 g/mol. The minimum absolute atomic E-state index is 0.00506. The van der Waals surface area contributed by atoms with E-state index >= 15 is 0 Å². The lowest BCUT2D eigenvalue weighted by Gasteiger charge is -2.36. The van der Waals surface area contributed by atoms with E-state index in [1.54, 1.807) is 12.3 Å². The van der Waals surface area contributed by atoms with E-state index in [0.29, 0.717) is 72.8 Å². The molecule has 12 heteroatoms. The summed E-state index contributed by atoms with van der Waals surface area (Å²) < 4.78 is 22.6. The van der Waals surface area contributed by atoms with Crippen molar-refractivity contribution in [2.24, 2.45) is 5.92 Å². The van der Waals surface area contributed by atoms with Crippen LogP contribution in [-0.4, -0.2) is 79.5 Å². The standard InChI is InChI=1S/C29H33Cl2N5O5/c1-6-18(37)7-17-13-40-14-21(17)33-24-8-19-20(10-32-24)34-28(35-29(19)36-11-15(2)41-16(3)12-36)25-26(30)22(38-4)9-23(39-5)27(25)31/h6,8-10,15-17,21H,1,7,11-14H2,2-5H3,(H,32,33)/t15?,16?,17-,21+/m0/s1. The Morgan fingerprint density at radius 3 is 2.44 bits per heavy atom. The van der Waals surface area contributed by atoms with Crippen LogP contribution in [0.5, 0.6) is 11.5 Å². The van der Waals surface area contributed by atoms with Gasteiger partial charge in [-0.3, -0.25) is 4.79 Å². The van der Waals surface area contributed by atoms with Crippen molar-refractivity contribution in [3.63, 3.8) is 0 Å². The van der Waals surface area contributed by atoms with Gasteiger partial charge in [0.15, 0.2) is 11.6 Å². The number of rotatable bonds is 9. The van der Waals surface area contributed by atoms with Crippen LogP contribution in [-0.2, 0) is 14.3 Å². The minimum atomic E-state index is -0.0715. The molecule has 41 heavy (non-hydrogen) atoms. The zero-order chi connectivity index (χ0) is 29.3. The van der Waals surface area contributed by atoms with Crippen LogP contribution < -0.4 is 19.7 Å². The topological polar surface area (TPSA) is 108 Å². The largest absolute Gasteiger partial charge is 0.495 e. The summed E-state index contributed by atoms with van der Waals surface area (Å²) in [4.78, 5) is 28.7. The third kappa shape index (κ3) is 6.06. The van der Waals surface area contributed by atoms with E-state index in [-0.39, 0.29) is 40.0 Å². The first-order valence-corrected chi connectivity index (χ1v) is 14.2. The summed E-state index contributed by atoms with van der Waals surface area (Å²) in [5, 5.41) is 4.81. The van der Waals surface area contributed by atoms with Gasteiger partial charge in [0.05, 0.1) is 73.0 Å². The molecule has 2 fully saturated rings. The Bertz CT molecular complexity index is 1430. The SMILES string of the molecule is C=CC(=O)C[C@H]1COC[C@H]1Nc1cc2c(N3CC(C)OC(C)C3)nc(-c3c(Cl)c(OC)cc(OC)c3Cl)nc2cn1. The molecule has 0 saturated carbocycles. The molecule has 3 aromatic rings. The number of hydrogen-bond donors (Lipinski definition) is 1. The lowest BCUT2D eigenvalue weighted by atomic mass is 9.97. The molecule has 0 aliphatic carbocycles. The molecule has 5 rings (SSSR count). The second-order valence-electron chi connectivity index (χ2n) is 10.3. The molecule has 2 aliphatic heterocycles. The second-order valence-corrected chi connectivity index (χ2v) is 11.1. The Morgan fingerprint density at radius 2 is 1.80 bits per heavy atom. The van der Waals surface area contributed by atoms with Crippen molar-refractivity contribution >= 4 is 51.5 Å². The van der Waals surface area contributed by atoms with Crippen LogP contribution in [0.4, 0.5) is 11.6 Å². The number of methoxy groups -OCH3 is 2. The van der Waals surface area contributed by atoms with Crippen molar-refractivity contribution < 1.29 is 23.7 Å². The monoisotopic (exact) mass is 601 g/mol. The van der Waals surface area contributed by atoms with Crippen molar-refractivity contribution in [1.29, 1.82) is 0 Å². The van der Waals surface area contributed by atoms with Gasteiger partial charge in [0.25, 0.3) is 0 Å². The van der Waals surface area contributed by atoms with E-state index in [4.69, 9.17) is 52.1 Å². The number of anilines is 2. The number of nitrogens with zero attached hydrogens (tertiary/aromatic N) is 4. The lowest BCUT2D eigenvalue weighted by molar-refractivity contribution is -0.115. The second kappa shape index (κ2) is 12.4.